The Hall–Kier alpha value is -1.40. The van der Waals surface area contributed by atoms with Gasteiger partial charge in [-0.3, -0.25) is 14.5 Å². The molecule has 0 bridgehead atoms. The van der Waals surface area contributed by atoms with Crippen LogP contribution in [0, 0.1) is 0 Å². The number of rotatable bonds is 6. The first-order valence-electron chi connectivity index (χ1n) is 7.29. The third-order valence-electron chi connectivity index (χ3n) is 3.77. The molecule has 1 aliphatic heterocycles. The Morgan fingerprint density at radius 3 is 3.05 bits per heavy atom. The molecule has 2 rings (SSSR count). The largest absolute Gasteiger partial charge is 0.469 e. The molecule has 2 heterocycles. The summed E-state index contributed by atoms with van der Waals surface area (Å²) in [5, 5.41) is 4.93. The van der Waals surface area contributed by atoms with Gasteiger partial charge in [-0.15, -0.1) is 11.3 Å². The van der Waals surface area contributed by atoms with E-state index in [4.69, 9.17) is 4.74 Å². The van der Waals surface area contributed by atoms with Crippen LogP contribution >= 0.6 is 11.3 Å². The van der Waals surface area contributed by atoms with E-state index in [1.54, 1.807) is 11.3 Å². The number of amides is 1. The van der Waals surface area contributed by atoms with Gasteiger partial charge in [-0.1, -0.05) is 12.5 Å². The van der Waals surface area contributed by atoms with Crippen molar-refractivity contribution in [2.24, 2.45) is 0 Å². The molecule has 116 valence electrons. The van der Waals surface area contributed by atoms with Crippen molar-refractivity contribution in [2.45, 2.75) is 38.3 Å². The fraction of sp³-hybridized carbons (Fsp3) is 0.600. The van der Waals surface area contributed by atoms with Crippen molar-refractivity contribution in [1.82, 2.24) is 10.2 Å². The lowest BCUT2D eigenvalue weighted by atomic mass is 9.99. The topological polar surface area (TPSA) is 58.6 Å². The van der Waals surface area contributed by atoms with Gasteiger partial charge in [-0.05, 0) is 30.8 Å². The highest BCUT2D eigenvalue weighted by Crippen LogP contribution is 2.19. The Morgan fingerprint density at radius 1 is 1.48 bits per heavy atom. The molecule has 1 aliphatic rings. The Morgan fingerprint density at radius 2 is 2.33 bits per heavy atom. The van der Waals surface area contributed by atoms with Crippen molar-refractivity contribution >= 4 is 23.2 Å². The lowest BCUT2D eigenvalue weighted by molar-refractivity contribution is -0.143. The van der Waals surface area contributed by atoms with Gasteiger partial charge in [0.15, 0.2) is 0 Å². The van der Waals surface area contributed by atoms with Gasteiger partial charge < -0.3 is 10.1 Å². The summed E-state index contributed by atoms with van der Waals surface area (Å²) < 4.78 is 4.74. The molecule has 1 unspecified atom stereocenters. The van der Waals surface area contributed by atoms with Crippen molar-refractivity contribution in [1.29, 1.82) is 0 Å². The number of likely N-dealkylation sites (tertiary alicyclic amines) is 1. The highest BCUT2D eigenvalue weighted by atomic mass is 32.1. The Kier molecular flexibility index (Phi) is 6.20. The van der Waals surface area contributed by atoms with E-state index in [0.717, 1.165) is 30.7 Å². The molecule has 1 fully saturated rings. The minimum Gasteiger partial charge on any atom is -0.469 e. The molecular formula is C15H22N2O3S. The second kappa shape index (κ2) is 8.14. The zero-order valence-electron chi connectivity index (χ0n) is 12.3. The molecule has 1 N–H and O–H groups in total. The van der Waals surface area contributed by atoms with E-state index in [1.807, 2.05) is 17.5 Å². The van der Waals surface area contributed by atoms with E-state index in [1.165, 1.54) is 7.11 Å². The Bertz CT molecular complexity index is 461. The average molecular weight is 310 g/mol. The summed E-state index contributed by atoms with van der Waals surface area (Å²) in [7, 11) is 1.41. The number of thiophene rings is 1. The van der Waals surface area contributed by atoms with Crippen molar-refractivity contribution < 1.29 is 14.3 Å². The third kappa shape index (κ3) is 5.13. The third-order valence-corrected chi connectivity index (χ3v) is 4.64. The summed E-state index contributed by atoms with van der Waals surface area (Å²) in [6, 6.07) is 4.11. The first kappa shape index (κ1) is 16.0. The molecule has 0 aliphatic carbocycles. The van der Waals surface area contributed by atoms with Crippen LogP contribution in [0.3, 0.4) is 0 Å². The quantitative estimate of drug-likeness (QED) is 0.814. The molecule has 5 nitrogen and oxygen atoms in total. The van der Waals surface area contributed by atoms with Gasteiger partial charge in [0.25, 0.3) is 0 Å². The fourth-order valence-corrected chi connectivity index (χ4v) is 3.26. The number of nitrogens with zero attached hydrogens (tertiary/aromatic N) is 1. The summed E-state index contributed by atoms with van der Waals surface area (Å²) in [4.78, 5) is 26.7. The van der Waals surface area contributed by atoms with Crippen molar-refractivity contribution in [3.63, 3.8) is 0 Å². The summed E-state index contributed by atoms with van der Waals surface area (Å²) >= 11 is 1.63. The van der Waals surface area contributed by atoms with Crippen LogP contribution in [0.5, 0.6) is 0 Å². The van der Waals surface area contributed by atoms with E-state index in [9.17, 15) is 9.59 Å². The Balaban J connectivity index is 1.80. The summed E-state index contributed by atoms with van der Waals surface area (Å²) in [6.45, 7) is 1.80. The number of hydrogen-bond donors (Lipinski definition) is 1. The zero-order valence-corrected chi connectivity index (χ0v) is 13.2. The second-order valence-electron chi connectivity index (χ2n) is 5.26. The number of carbonyl (C=O) groups is 2. The van der Waals surface area contributed by atoms with Gasteiger partial charge in [-0.2, -0.15) is 0 Å². The molecule has 6 heteroatoms. The number of methoxy groups -OCH3 is 1. The van der Waals surface area contributed by atoms with Gasteiger partial charge in [0.05, 0.1) is 26.6 Å². The van der Waals surface area contributed by atoms with Crippen LogP contribution in [-0.2, 0) is 20.9 Å². The van der Waals surface area contributed by atoms with Crippen LogP contribution in [0.2, 0.25) is 0 Å². The average Bonchev–Trinajstić information content (AvgIpc) is 3.00. The molecule has 0 saturated carbocycles. The van der Waals surface area contributed by atoms with Gasteiger partial charge in [0, 0.05) is 10.9 Å². The van der Waals surface area contributed by atoms with E-state index in [2.05, 4.69) is 10.2 Å². The standard InChI is InChI=1S/C15H22N2O3S/c1-20-15(19)9-12-5-2-3-7-17(12)11-14(18)16-10-13-6-4-8-21-13/h4,6,8,12H,2-3,5,7,9-11H2,1H3,(H,16,18). The first-order chi connectivity index (χ1) is 10.2. The predicted molar refractivity (Wildman–Crippen MR) is 82.0 cm³/mol. The molecule has 21 heavy (non-hydrogen) atoms. The van der Waals surface area contributed by atoms with Crippen LogP contribution < -0.4 is 5.32 Å². The molecule has 1 amide bonds. The monoisotopic (exact) mass is 310 g/mol. The van der Waals surface area contributed by atoms with Gasteiger partial charge in [-0.25, -0.2) is 0 Å². The van der Waals surface area contributed by atoms with E-state index in [-0.39, 0.29) is 17.9 Å². The van der Waals surface area contributed by atoms with E-state index < -0.39 is 0 Å². The number of carbonyl (C=O) groups excluding carboxylic acids is 2. The number of hydrogen-bond acceptors (Lipinski definition) is 5. The van der Waals surface area contributed by atoms with Crippen molar-refractivity contribution in [2.75, 3.05) is 20.2 Å². The SMILES string of the molecule is COC(=O)CC1CCCCN1CC(=O)NCc1cccs1. The van der Waals surface area contributed by atoms with Crippen LogP contribution in [0.4, 0.5) is 0 Å². The summed E-state index contributed by atoms with van der Waals surface area (Å²) in [5.41, 5.74) is 0. The minimum atomic E-state index is -0.203. The summed E-state index contributed by atoms with van der Waals surface area (Å²) in [5.74, 6) is -0.189. The zero-order chi connectivity index (χ0) is 15.1. The Labute approximate surface area is 129 Å². The second-order valence-corrected chi connectivity index (χ2v) is 6.29. The van der Waals surface area contributed by atoms with Gasteiger partial charge in [0.2, 0.25) is 5.91 Å². The fourth-order valence-electron chi connectivity index (χ4n) is 2.61. The van der Waals surface area contributed by atoms with Crippen molar-refractivity contribution in [3.8, 4) is 0 Å². The van der Waals surface area contributed by atoms with Crippen LogP contribution in [0.25, 0.3) is 0 Å². The summed E-state index contributed by atoms with van der Waals surface area (Å²) in [6.07, 6.45) is 3.51. The maximum Gasteiger partial charge on any atom is 0.307 e. The lowest BCUT2D eigenvalue weighted by Crippen LogP contribution is -2.46. The lowest BCUT2D eigenvalue weighted by Gasteiger charge is -2.34. The maximum absolute atomic E-state index is 12.0. The number of ether oxygens (including phenoxy) is 1. The highest BCUT2D eigenvalue weighted by molar-refractivity contribution is 7.09. The molecule has 1 saturated heterocycles. The minimum absolute atomic E-state index is 0.0140. The van der Waals surface area contributed by atoms with E-state index in [0.29, 0.717) is 19.5 Å². The molecule has 1 aromatic heterocycles. The number of esters is 1. The highest BCUT2D eigenvalue weighted by Gasteiger charge is 2.26. The number of nitrogens with one attached hydrogen (secondary N) is 1. The van der Waals surface area contributed by atoms with Gasteiger partial charge >= 0.3 is 5.97 Å². The first-order valence-corrected chi connectivity index (χ1v) is 8.17. The molecule has 0 aromatic carbocycles. The van der Waals surface area contributed by atoms with Crippen LogP contribution in [0.15, 0.2) is 17.5 Å². The maximum atomic E-state index is 12.0. The van der Waals surface area contributed by atoms with Crippen molar-refractivity contribution in [3.05, 3.63) is 22.4 Å². The van der Waals surface area contributed by atoms with Gasteiger partial charge in [0.1, 0.15) is 0 Å². The van der Waals surface area contributed by atoms with Crippen LogP contribution in [-0.4, -0.2) is 43.0 Å². The normalized spacial score (nSPS) is 19.2. The van der Waals surface area contributed by atoms with E-state index >= 15 is 0 Å². The molecule has 0 spiro atoms. The smallest absolute Gasteiger partial charge is 0.307 e. The molecule has 0 radical (unpaired) electrons. The predicted octanol–water partition coefficient (Wildman–Crippen LogP) is 1.78. The van der Waals surface area contributed by atoms with Crippen LogP contribution in [0.1, 0.15) is 30.6 Å². The molecular weight excluding hydrogens is 288 g/mol. The number of piperidine rings is 1. The molecule has 1 aromatic rings. The molecule has 1 atom stereocenters.